The maximum Gasteiger partial charge on any atom is 0.262 e. The monoisotopic (exact) mass is 431 g/mol. The van der Waals surface area contributed by atoms with E-state index in [1.807, 2.05) is 24.3 Å². The van der Waals surface area contributed by atoms with Crippen LogP contribution in [0.5, 0.6) is 5.75 Å². The van der Waals surface area contributed by atoms with Gasteiger partial charge in [0.25, 0.3) is 11.8 Å². The topological polar surface area (TPSA) is 105 Å². The zero-order valence-electron chi connectivity index (χ0n) is 16.8. The minimum atomic E-state index is -0.506. The molecule has 0 aliphatic heterocycles. The average molecular weight is 432 g/mol. The second-order valence-electron chi connectivity index (χ2n) is 7.33. The number of hydrogen-bond donors (Lipinski definition) is 2. The number of nitrogens with one attached hydrogen (secondary N) is 1. The van der Waals surface area contributed by atoms with E-state index >= 15 is 0 Å². The summed E-state index contributed by atoms with van der Waals surface area (Å²) in [6.07, 6.45) is 3.85. The number of primary amides is 1. The number of amides is 2. The van der Waals surface area contributed by atoms with Crippen molar-refractivity contribution in [2.45, 2.75) is 25.7 Å². The summed E-state index contributed by atoms with van der Waals surface area (Å²) >= 11 is 1.43. The number of carbonyl (C=O) groups excluding carboxylic acids is 2. The first kappa shape index (κ1) is 20.6. The van der Waals surface area contributed by atoms with Gasteiger partial charge >= 0.3 is 0 Å². The van der Waals surface area contributed by atoms with E-state index in [-0.39, 0.29) is 12.5 Å². The van der Waals surface area contributed by atoms with Crippen LogP contribution in [0, 0.1) is 11.3 Å². The molecule has 7 heteroatoms. The second kappa shape index (κ2) is 9.02. The van der Waals surface area contributed by atoms with Gasteiger partial charge < -0.3 is 15.8 Å². The number of nitriles is 1. The summed E-state index contributed by atoms with van der Waals surface area (Å²) in [5, 5.41) is 12.2. The number of ether oxygens (including phenoxy) is 1. The molecule has 0 atom stereocenters. The maximum absolute atomic E-state index is 12.4. The first-order valence-corrected chi connectivity index (χ1v) is 10.8. The van der Waals surface area contributed by atoms with Crippen LogP contribution in [0.25, 0.3) is 11.1 Å². The molecule has 0 radical (unpaired) electrons. The SMILES string of the molecule is N#Cc1ccc(-c2ccc(OCC(=O)Nc3sc4c(c3C(N)=O)CCCC4)cc2)cc1. The van der Waals surface area contributed by atoms with Crippen LogP contribution < -0.4 is 15.8 Å². The number of fused-ring (bicyclic) bond motifs is 1. The van der Waals surface area contributed by atoms with Crippen molar-refractivity contribution in [2.75, 3.05) is 11.9 Å². The van der Waals surface area contributed by atoms with Crippen molar-refractivity contribution in [3.63, 3.8) is 0 Å². The van der Waals surface area contributed by atoms with Crippen LogP contribution in [0.15, 0.2) is 48.5 Å². The van der Waals surface area contributed by atoms with Gasteiger partial charge in [0.05, 0.1) is 17.2 Å². The normalized spacial score (nSPS) is 12.5. The fraction of sp³-hybridized carbons (Fsp3) is 0.208. The van der Waals surface area contributed by atoms with Crippen molar-refractivity contribution < 1.29 is 14.3 Å². The number of thiophene rings is 1. The van der Waals surface area contributed by atoms with Gasteiger partial charge in [-0.1, -0.05) is 24.3 Å². The highest BCUT2D eigenvalue weighted by Crippen LogP contribution is 2.37. The summed E-state index contributed by atoms with van der Waals surface area (Å²) in [5.74, 6) is -0.278. The molecule has 4 rings (SSSR count). The maximum atomic E-state index is 12.4. The Balaban J connectivity index is 1.38. The molecule has 0 spiro atoms. The summed E-state index contributed by atoms with van der Waals surface area (Å²) in [6, 6.07) is 16.8. The first-order chi connectivity index (χ1) is 15.0. The number of anilines is 1. The van der Waals surface area contributed by atoms with Gasteiger partial charge in [0, 0.05) is 4.88 Å². The van der Waals surface area contributed by atoms with Crippen molar-refractivity contribution in [1.82, 2.24) is 0 Å². The van der Waals surface area contributed by atoms with E-state index in [1.54, 1.807) is 24.3 Å². The van der Waals surface area contributed by atoms with Crippen molar-refractivity contribution in [3.05, 3.63) is 70.1 Å². The fourth-order valence-electron chi connectivity index (χ4n) is 3.71. The zero-order valence-corrected chi connectivity index (χ0v) is 17.6. The summed E-state index contributed by atoms with van der Waals surface area (Å²) in [7, 11) is 0. The van der Waals surface area contributed by atoms with Gasteiger partial charge in [0.2, 0.25) is 0 Å². The molecule has 0 fully saturated rings. The second-order valence-corrected chi connectivity index (χ2v) is 8.43. The summed E-state index contributed by atoms with van der Waals surface area (Å²) in [6.45, 7) is -0.170. The number of nitrogens with two attached hydrogens (primary N) is 1. The molecule has 31 heavy (non-hydrogen) atoms. The Morgan fingerprint density at radius 3 is 2.32 bits per heavy atom. The van der Waals surface area contributed by atoms with Crippen LogP contribution >= 0.6 is 11.3 Å². The van der Waals surface area contributed by atoms with E-state index < -0.39 is 5.91 Å². The molecular weight excluding hydrogens is 410 g/mol. The minimum absolute atomic E-state index is 0.170. The molecule has 0 saturated heterocycles. The Morgan fingerprint density at radius 1 is 1.03 bits per heavy atom. The van der Waals surface area contributed by atoms with E-state index in [1.165, 1.54) is 11.3 Å². The van der Waals surface area contributed by atoms with Crippen LogP contribution in [0.3, 0.4) is 0 Å². The third kappa shape index (κ3) is 4.60. The van der Waals surface area contributed by atoms with Crippen molar-refractivity contribution >= 4 is 28.2 Å². The highest BCUT2D eigenvalue weighted by molar-refractivity contribution is 7.17. The highest BCUT2D eigenvalue weighted by atomic mass is 32.1. The van der Waals surface area contributed by atoms with Gasteiger partial charge in [-0.15, -0.1) is 11.3 Å². The van der Waals surface area contributed by atoms with E-state index in [4.69, 9.17) is 15.7 Å². The lowest BCUT2D eigenvalue weighted by Crippen LogP contribution is -2.22. The van der Waals surface area contributed by atoms with Gasteiger partial charge in [-0.3, -0.25) is 9.59 Å². The predicted molar refractivity (Wildman–Crippen MR) is 120 cm³/mol. The quantitative estimate of drug-likeness (QED) is 0.607. The molecule has 0 saturated carbocycles. The number of hydrogen-bond acceptors (Lipinski definition) is 5. The lowest BCUT2D eigenvalue weighted by molar-refractivity contribution is -0.118. The number of aryl methyl sites for hydroxylation is 1. The molecule has 1 aliphatic rings. The molecule has 1 aliphatic carbocycles. The Kier molecular flexibility index (Phi) is 6.01. The Labute approximate surface area is 184 Å². The largest absolute Gasteiger partial charge is 0.484 e. The predicted octanol–water partition coefficient (Wildman–Crippen LogP) is 4.28. The minimum Gasteiger partial charge on any atom is -0.484 e. The molecule has 2 amide bonds. The number of carbonyl (C=O) groups is 2. The number of benzene rings is 2. The van der Waals surface area contributed by atoms with Crippen LogP contribution in [0.2, 0.25) is 0 Å². The summed E-state index contributed by atoms with van der Waals surface area (Å²) < 4.78 is 5.60. The standard InChI is InChI=1S/C24H21N3O3S/c25-13-15-5-7-16(8-6-15)17-9-11-18(12-10-17)30-14-21(28)27-24-22(23(26)29)19-3-1-2-4-20(19)31-24/h5-12H,1-4,14H2,(H2,26,29)(H,27,28). The molecule has 1 heterocycles. The molecule has 0 bridgehead atoms. The third-order valence-corrected chi connectivity index (χ3v) is 6.45. The highest BCUT2D eigenvalue weighted by Gasteiger charge is 2.25. The first-order valence-electron chi connectivity index (χ1n) is 10.0. The zero-order chi connectivity index (χ0) is 21.8. The molecule has 156 valence electrons. The Morgan fingerprint density at radius 2 is 1.68 bits per heavy atom. The smallest absolute Gasteiger partial charge is 0.262 e. The average Bonchev–Trinajstić information content (AvgIpc) is 3.16. The molecule has 1 aromatic heterocycles. The fourth-order valence-corrected chi connectivity index (χ4v) is 5.02. The lowest BCUT2D eigenvalue weighted by Gasteiger charge is -2.11. The Hall–Kier alpha value is -3.63. The lowest BCUT2D eigenvalue weighted by atomic mass is 9.95. The molecular formula is C24H21N3O3S. The Bertz CT molecular complexity index is 1160. The van der Waals surface area contributed by atoms with Crippen LogP contribution in [-0.4, -0.2) is 18.4 Å². The van der Waals surface area contributed by atoms with Gasteiger partial charge in [-0.05, 0) is 66.6 Å². The van der Waals surface area contributed by atoms with Crippen molar-refractivity contribution in [3.8, 4) is 22.9 Å². The van der Waals surface area contributed by atoms with E-state index in [2.05, 4.69) is 11.4 Å². The molecule has 0 unspecified atom stereocenters. The molecule has 3 N–H and O–H groups in total. The van der Waals surface area contributed by atoms with E-state index in [0.717, 1.165) is 47.3 Å². The summed E-state index contributed by atoms with van der Waals surface area (Å²) in [4.78, 5) is 25.5. The van der Waals surface area contributed by atoms with Gasteiger partial charge in [-0.2, -0.15) is 5.26 Å². The van der Waals surface area contributed by atoms with E-state index in [0.29, 0.717) is 21.9 Å². The van der Waals surface area contributed by atoms with Crippen LogP contribution in [0.4, 0.5) is 5.00 Å². The van der Waals surface area contributed by atoms with Gasteiger partial charge in [0.15, 0.2) is 6.61 Å². The molecule has 2 aromatic carbocycles. The third-order valence-electron chi connectivity index (χ3n) is 5.24. The van der Waals surface area contributed by atoms with Gasteiger partial charge in [0.1, 0.15) is 10.8 Å². The van der Waals surface area contributed by atoms with Crippen molar-refractivity contribution in [1.29, 1.82) is 5.26 Å². The molecule has 6 nitrogen and oxygen atoms in total. The summed E-state index contributed by atoms with van der Waals surface area (Å²) in [5.41, 5.74) is 9.58. The number of rotatable bonds is 6. The van der Waals surface area contributed by atoms with Crippen LogP contribution in [-0.2, 0) is 17.6 Å². The van der Waals surface area contributed by atoms with Crippen LogP contribution in [0.1, 0.15) is 39.2 Å². The van der Waals surface area contributed by atoms with Crippen molar-refractivity contribution in [2.24, 2.45) is 5.73 Å². The number of nitrogens with zero attached hydrogens (tertiary/aromatic N) is 1. The molecule has 3 aromatic rings. The van der Waals surface area contributed by atoms with Gasteiger partial charge in [-0.25, -0.2) is 0 Å². The van der Waals surface area contributed by atoms with E-state index in [9.17, 15) is 9.59 Å².